The fourth-order valence-electron chi connectivity index (χ4n) is 3.28. The molecule has 1 aromatic carbocycles. The van der Waals surface area contributed by atoms with Gasteiger partial charge in [-0.1, -0.05) is 6.08 Å². The number of aromatic nitrogens is 1. The monoisotopic (exact) mass is 314 g/mol. The zero-order chi connectivity index (χ0) is 16.1. The van der Waals surface area contributed by atoms with Crippen molar-refractivity contribution in [3.05, 3.63) is 36.0 Å². The van der Waals surface area contributed by atoms with Gasteiger partial charge in [0.05, 0.1) is 7.11 Å². The van der Waals surface area contributed by atoms with Gasteiger partial charge < -0.3 is 14.8 Å². The number of rotatable bonds is 7. The summed E-state index contributed by atoms with van der Waals surface area (Å²) in [6.07, 6.45) is 8.78. The third-order valence-corrected chi connectivity index (χ3v) is 4.66. The van der Waals surface area contributed by atoms with E-state index in [-0.39, 0.29) is 0 Å². The van der Waals surface area contributed by atoms with Gasteiger partial charge >= 0.3 is 0 Å². The second-order valence-corrected chi connectivity index (χ2v) is 6.18. The number of ether oxygens (including phenoxy) is 1. The normalized spacial score (nSPS) is 15.8. The topological polar surface area (TPSA) is 48.5 Å². The van der Waals surface area contributed by atoms with Gasteiger partial charge in [-0.05, 0) is 56.0 Å². The Bertz CT molecular complexity index is 675. The van der Waals surface area contributed by atoms with Crippen LogP contribution in [0.5, 0.6) is 5.75 Å². The molecule has 2 heterocycles. The molecule has 4 nitrogen and oxygen atoms in total. The van der Waals surface area contributed by atoms with Crippen LogP contribution in [0, 0.1) is 0 Å². The molecule has 0 aliphatic carbocycles. The molecule has 1 aliphatic heterocycles. The number of H-pyrrole nitrogens is 1. The Morgan fingerprint density at radius 2 is 2.17 bits per heavy atom. The van der Waals surface area contributed by atoms with E-state index < -0.39 is 0 Å². The highest BCUT2D eigenvalue weighted by molar-refractivity contribution is 5.93. The zero-order valence-corrected chi connectivity index (χ0v) is 13.8. The van der Waals surface area contributed by atoms with Gasteiger partial charge in [-0.15, -0.1) is 0 Å². The molecule has 0 saturated carbocycles. The van der Waals surface area contributed by atoms with E-state index in [0.29, 0.717) is 6.61 Å². The molecule has 0 bridgehead atoms. The van der Waals surface area contributed by atoms with Crippen molar-refractivity contribution in [2.75, 3.05) is 33.4 Å². The molecule has 2 aromatic rings. The maximum Gasteiger partial charge on any atom is 0.119 e. The molecule has 2 N–H and O–H groups in total. The maximum absolute atomic E-state index is 8.83. The lowest BCUT2D eigenvalue weighted by Crippen LogP contribution is -2.29. The van der Waals surface area contributed by atoms with Crippen molar-refractivity contribution in [3.63, 3.8) is 0 Å². The molecule has 4 heteroatoms. The molecule has 1 aliphatic rings. The number of hydrogen-bond donors (Lipinski definition) is 2. The molecule has 0 saturated heterocycles. The van der Waals surface area contributed by atoms with Crippen LogP contribution in [0.2, 0.25) is 0 Å². The lowest BCUT2D eigenvalue weighted by atomic mass is 9.98. The summed E-state index contributed by atoms with van der Waals surface area (Å²) >= 11 is 0. The standard InChI is InChI=1S/C19H26N2O2/c1-23-16-5-6-19-17(13-16)18(14-20-19)15-7-10-21(11-8-15)9-3-2-4-12-22/h5-7,13-14,20,22H,2-4,8-12H2,1H3. The predicted molar refractivity (Wildman–Crippen MR) is 94.8 cm³/mol. The minimum atomic E-state index is 0.314. The Labute approximate surface area is 137 Å². The van der Waals surface area contributed by atoms with E-state index in [0.717, 1.165) is 50.2 Å². The number of aliphatic hydroxyl groups is 1. The lowest BCUT2D eigenvalue weighted by molar-refractivity contribution is 0.265. The Balaban J connectivity index is 1.67. The lowest BCUT2D eigenvalue weighted by Gasteiger charge is -2.26. The van der Waals surface area contributed by atoms with Crippen molar-refractivity contribution >= 4 is 16.5 Å². The molecular weight excluding hydrogens is 288 g/mol. The quantitative estimate of drug-likeness (QED) is 0.770. The average Bonchev–Trinajstić information content (AvgIpc) is 3.02. The number of methoxy groups -OCH3 is 1. The van der Waals surface area contributed by atoms with Gasteiger partial charge in [0.1, 0.15) is 5.75 Å². The van der Waals surface area contributed by atoms with Crippen molar-refractivity contribution in [1.29, 1.82) is 0 Å². The number of benzene rings is 1. The van der Waals surface area contributed by atoms with Crippen LogP contribution in [0.3, 0.4) is 0 Å². The average molecular weight is 314 g/mol. The third-order valence-electron chi connectivity index (χ3n) is 4.66. The van der Waals surface area contributed by atoms with Gasteiger partial charge in [0.15, 0.2) is 0 Å². The van der Waals surface area contributed by atoms with Crippen LogP contribution in [0.15, 0.2) is 30.5 Å². The van der Waals surface area contributed by atoms with Crippen LogP contribution >= 0.6 is 0 Å². The highest BCUT2D eigenvalue weighted by atomic mass is 16.5. The number of fused-ring (bicyclic) bond motifs is 1. The smallest absolute Gasteiger partial charge is 0.119 e. The Hall–Kier alpha value is -1.78. The fraction of sp³-hybridized carbons (Fsp3) is 0.474. The first kappa shape index (κ1) is 16.1. The first-order valence-electron chi connectivity index (χ1n) is 8.49. The second kappa shape index (κ2) is 7.66. The molecule has 0 radical (unpaired) electrons. The summed E-state index contributed by atoms with van der Waals surface area (Å²) in [5, 5.41) is 10.1. The van der Waals surface area contributed by atoms with Crippen molar-refractivity contribution in [2.24, 2.45) is 0 Å². The van der Waals surface area contributed by atoms with E-state index in [9.17, 15) is 0 Å². The summed E-state index contributed by atoms with van der Waals surface area (Å²) in [6.45, 7) is 3.58. The molecule has 0 spiro atoms. The van der Waals surface area contributed by atoms with Gasteiger partial charge in [0.25, 0.3) is 0 Å². The zero-order valence-electron chi connectivity index (χ0n) is 13.8. The van der Waals surface area contributed by atoms with Crippen LogP contribution in [-0.2, 0) is 0 Å². The summed E-state index contributed by atoms with van der Waals surface area (Å²) < 4.78 is 5.36. The second-order valence-electron chi connectivity index (χ2n) is 6.18. The van der Waals surface area contributed by atoms with E-state index in [1.807, 2.05) is 6.07 Å². The SMILES string of the molecule is COc1ccc2[nH]cc(C3=CCN(CCCCCO)CC3)c2c1. The fourth-order valence-corrected chi connectivity index (χ4v) is 3.28. The predicted octanol–water partition coefficient (Wildman–Crippen LogP) is 3.43. The molecule has 0 unspecified atom stereocenters. The first-order chi connectivity index (χ1) is 11.3. The highest BCUT2D eigenvalue weighted by Gasteiger charge is 2.15. The largest absolute Gasteiger partial charge is 0.497 e. The number of hydrogen-bond acceptors (Lipinski definition) is 3. The Morgan fingerprint density at radius 3 is 2.91 bits per heavy atom. The molecule has 1 aromatic heterocycles. The first-order valence-corrected chi connectivity index (χ1v) is 8.49. The van der Waals surface area contributed by atoms with E-state index >= 15 is 0 Å². The maximum atomic E-state index is 8.83. The van der Waals surface area contributed by atoms with Crippen molar-refractivity contribution < 1.29 is 9.84 Å². The van der Waals surface area contributed by atoms with E-state index in [2.05, 4.69) is 34.3 Å². The molecule has 0 atom stereocenters. The summed E-state index contributed by atoms with van der Waals surface area (Å²) in [5.74, 6) is 0.903. The van der Waals surface area contributed by atoms with Crippen LogP contribution in [-0.4, -0.2) is 48.3 Å². The van der Waals surface area contributed by atoms with Crippen molar-refractivity contribution in [3.8, 4) is 5.75 Å². The van der Waals surface area contributed by atoms with E-state index in [1.54, 1.807) is 7.11 Å². The Kier molecular flexibility index (Phi) is 5.36. The highest BCUT2D eigenvalue weighted by Crippen LogP contribution is 2.31. The van der Waals surface area contributed by atoms with Gasteiger partial charge in [-0.3, -0.25) is 4.90 Å². The van der Waals surface area contributed by atoms with Crippen LogP contribution < -0.4 is 4.74 Å². The molecule has 3 rings (SSSR count). The van der Waals surface area contributed by atoms with E-state index in [1.165, 1.54) is 22.9 Å². The number of aliphatic hydroxyl groups excluding tert-OH is 1. The number of nitrogens with zero attached hydrogens (tertiary/aromatic N) is 1. The minimum Gasteiger partial charge on any atom is -0.497 e. The van der Waals surface area contributed by atoms with Crippen LogP contribution in [0.4, 0.5) is 0 Å². The molecule has 124 valence electrons. The molecule has 0 fully saturated rings. The molecular formula is C19H26N2O2. The van der Waals surface area contributed by atoms with Gasteiger partial charge in [0, 0.05) is 42.4 Å². The molecule has 0 amide bonds. The number of nitrogens with one attached hydrogen (secondary N) is 1. The molecule has 23 heavy (non-hydrogen) atoms. The van der Waals surface area contributed by atoms with Crippen LogP contribution in [0.25, 0.3) is 16.5 Å². The van der Waals surface area contributed by atoms with Gasteiger partial charge in [-0.2, -0.15) is 0 Å². The minimum absolute atomic E-state index is 0.314. The Morgan fingerprint density at radius 1 is 1.26 bits per heavy atom. The summed E-state index contributed by atoms with van der Waals surface area (Å²) in [5.41, 5.74) is 3.89. The van der Waals surface area contributed by atoms with Gasteiger partial charge in [-0.25, -0.2) is 0 Å². The van der Waals surface area contributed by atoms with Crippen molar-refractivity contribution in [1.82, 2.24) is 9.88 Å². The summed E-state index contributed by atoms with van der Waals surface area (Å²) in [6, 6.07) is 6.18. The summed E-state index contributed by atoms with van der Waals surface area (Å²) in [7, 11) is 1.71. The number of unbranched alkanes of at least 4 members (excludes halogenated alkanes) is 2. The van der Waals surface area contributed by atoms with Crippen molar-refractivity contribution in [2.45, 2.75) is 25.7 Å². The number of aromatic amines is 1. The van der Waals surface area contributed by atoms with E-state index in [4.69, 9.17) is 9.84 Å². The van der Waals surface area contributed by atoms with Gasteiger partial charge in [0.2, 0.25) is 0 Å². The summed E-state index contributed by atoms with van der Waals surface area (Å²) in [4.78, 5) is 5.86. The van der Waals surface area contributed by atoms with Crippen LogP contribution in [0.1, 0.15) is 31.2 Å². The third kappa shape index (κ3) is 3.77.